The molecule has 0 spiro atoms. The molecular formula is C14H23N5. The summed E-state index contributed by atoms with van der Waals surface area (Å²) in [6, 6.07) is 0.270. The van der Waals surface area contributed by atoms with Crippen LogP contribution in [0.3, 0.4) is 0 Å². The van der Waals surface area contributed by atoms with E-state index in [1.54, 1.807) is 0 Å². The first-order chi connectivity index (χ1) is 9.17. The average molecular weight is 261 g/mol. The van der Waals surface area contributed by atoms with E-state index in [-0.39, 0.29) is 6.04 Å². The van der Waals surface area contributed by atoms with E-state index < -0.39 is 0 Å². The van der Waals surface area contributed by atoms with Crippen molar-refractivity contribution >= 4 is 0 Å². The van der Waals surface area contributed by atoms with Crippen LogP contribution in [-0.2, 0) is 20.0 Å². The molecule has 2 rings (SSSR count). The van der Waals surface area contributed by atoms with E-state index in [1.807, 2.05) is 30.3 Å². The summed E-state index contributed by atoms with van der Waals surface area (Å²) < 4.78 is 4.11. The standard InChI is InChI=1S/C14H23N5/c1-5-15-13(12-10-17-18(4)11(12)3)9-14-16-7-8-19(14)6-2/h7-8,10,13,15H,5-6,9H2,1-4H3. The van der Waals surface area contributed by atoms with Gasteiger partial charge in [-0.3, -0.25) is 4.68 Å². The Morgan fingerprint density at radius 3 is 2.74 bits per heavy atom. The van der Waals surface area contributed by atoms with Gasteiger partial charge in [-0.05, 0) is 20.4 Å². The quantitative estimate of drug-likeness (QED) is 0.863. The van der Waals surface area contributed by atoms with Gasteiger partial charge in [-0.1, -0.05) is 6.92 Å². The summed E-state index contributed by atoms with van der Waals surface area (Å²) in [7, 11) is 1.98. The Labute approximate surface area is 114 Å². The Bertz CT molecular complexity index is 526. The first kappa shape index (κ1) is 13.8. The third-order valence-corrected chi connectivity index (χ3v) is 3.63. The summed E-state index contributed by atoms with van der Waals surface area (Å²) in [4.78, 5) is 4.47. The third kappa shape index (κ3) is 2.87. The van der Waals surface area contributed by atoms with Crippen LogP contribution in [0.15, 0.2) is 18.6 Å². The summed E-state index contributed by atoms with van der Waals surface area (Å²) in [5.74, 6) is 1.12. The lowest BCUT2D eigenvalue weighted by atomic mass is 10.0. The molecule has 1 N–H and O–H groups in total. The maximum atomic E-state index is 4.47. The molecule has 0 aliphatic heterocycles. The topological polar surface area (TPSA) is 47.7 Å². The molecule has 1 atom stereocenters. The second-order valence-corrected chi connectivity index (χ2v) is 4.75. The molecule has 5 nitrogen and oxygen atoms in total. The zero-order chi connectivity index (χ0) is 13.8. The van der Waals surface area contributed by atoms with Gasteiger partial charge in [-0.15, -0.1) is 0 Å². The van der Waals surface area contributed by atoms with Crippen LogP contribution in [0, 0.1) is 6.92 Å². The molecule has 1 unspecified atom stereocenters. The fraction of sp³-hybridized carbons (Fsp3) is 0.571. The fourth-order valence-electron chi connectivity index (χ4n) is 2.40. The number of imidazole rings is 1. The van der Waals surface area contributed by atoms with Crippen molar-refractivity contribution in [1.29, 1.82) is 0 Å². The van der Waals surface area contributed by atoms with Crippen LogP contribution in [0.4, 0.5) is 0 Å². The molecule has 0 bridgehead atoms. The van der Waals surface area contributed by atoms with E-state index in [9.17, 15) is 0 Å². The minimum absolute atomic E-state index is 0.270. The Morgan fingerprint density at radius 1 is 1.37 bits per heavy atom. The highest BCUT2D eigenvalue weighted by Crippen LogP contribution is 2.20. The van der Waals surface area contributed by atoms with Gasteiger partial charge in [0.2, 0.25) is 0 Å². The number of aromatic nitrogens is 4. The monoisotopic (exact) mass is 261 g/mol. The minimum atomic E-state index is 0.270. The van der Waals surface area contributed by atoms with E-state index in [0.29, 0.717) is 0 Å². The molecule has 2 heterocycles. The van der Waals surface area contributed by atoms with Gasteiger partial charge in [0.05, 0.1) is 6.20 Å². The van der Waals surface area contributed by atoms with Crippen molar-refractivity contribution in [2.45, 2.75) is 39.8 Å². The van der Waals surface area contributed by atoms with Gasteiger partial charge in [0.25, 0.3) is 0 Å². The third-order valence-electron chi connectivity index (χ3n) is 3.63. The number of likely N-dealkylation sites (N-methyl/N-ethyl adjacent to an activating group) is 1. The molecule has 2 aromatic heterocycles. The first-order valence-electron chi connectivity index (χ1n) is 6.89. The molecule has 0 aromatic carbocycles. The summed E-state index contributed by atoms with van der Waals surface area (Å²) in [5.41, 5.74) is 2.47. The number of aryl methyl sites for hydroxylation is 2. The van der Waals surface area contributed by atoms with Crippen LogP contribution in [-0.4, -0.2) is 25.9 Å². The Balaban J connectivity index is 2.23. The van der Waals surface area contributed by atoms with Crippen molar-refractivity contribution in [2.75, 3.05) is 6.54 Å². The zero-order valence-electron chi connectivity index (χ0n) is 12.2. The first-order valence-corrected chi connectivity index (χ1v) is 6.89. The van der Waals surface area contributed by atoms with Crippen molar-refractivity contribution in [3.05, 3.63) is 35.7 Å². The van der Waals surface area contributed by atoms with E-state index in [4.69, 9.17) is 0 Å². The van der Waals surface area contributed by atoms with E-state index in [1.165, 1.54) is 11.3 Å². The normalized spacial score (nSPS) is 12.8. The molecule has 0 aliphatic rings. The second kappa shape index (κ2) is 6.02. The maximum Gasteiger partial charge on any atom is 0.110 e. The van der Waals surface area contributed by atoms with E-state index in [2.05, 4.69) is 40.7 Å². The van der Waals surface area contributed by atoms with Crippen molar-refractivity contribution in [3.63, 3.8) is 0 Å². The lowest BCUT2D eigenvalue weighted by Gasteiger charge is -2.18. The number of hydrogen-bond donors (Lipinski definition) is 1. The van der Waals surface area contributed by atoms with Crippen LogP contribution < -0.4 is 5.32 Å². The lowest BCUT2D eigenvalue weighted by molar-refractivity contribution is 0.519. The van der Waals surface area contributed by atoms with Gasteiger partial charge in [0, 0.05) is 49.7 Å². The van der Waals surface area contributed by atoms with Crippen molar-refractivity contribution in [3.8, 4) is 0 Å². The molecule has 5 heteroatoms. The highest BCUT2D eigenvalue weighted by Gasteiger charge is 2.18. The molecule has 0 fully saturated rings. The highest BCUT2D eigenvalue weighted by atomic mass is 15.3. The largest absolute Gasteiger partial charge is 0.335 e. The molecular weight excluding hydrogens is 238 g/mol. The van der Waals surface area contributed by atoms with Crippen molar-refractivity contribution in [2.24, 2.45) is 7.05 Å². The Kier molecular flexibility index (Phi) is 4.37. The van der Waals surface area contributed by atoms with Crippen LogP contribution in [0.2, 0.25) is 0 Å². The van der Waals surface area contributed by atoms with Gasteiger partial charge in [0.1, 0.15) is 5.82 Å². The number of nitrogens with one attached hydrogen (secondary N) is 1. The Hall–Kier alpha value is -1.62. The van der Waals surface area contributed by atoms with Crippen molar-refractivity contribution < 1.29 is 0 Å². The van der Waals surface area contributed by atoms with Crippen LogP contribution in [0.25, 0.3) is 0 Å². The molecule has 0 amide bonds. The molecule has 0 saturated heterocycles. The zero-order valence-corrected chi connectivity index (χ0v) is 12.2. The summed E-state index contributed by atoms with van der Waals surface area (Å²) in [6.07, 6.45) is 6.76. The average Bonchev–Trinajstić information content (AvgIpc) is 2.97. The smallest absolute Gasteiger partial charge is 0.110 e. The predicted octanol–water partition coefficient (Wildman–Crippen LogP) is 1.84. The van der Waals surface area contributed by atoms with Gasteiger partial charge in [-0.2, -0.15) is 5.10 Å². The van der Waals surface area contributed by atoms with E-state index >= 15 is 0 Å². The van der Waals surface area contributed by atoms with Gasteiger partial charge < -0.3 is 9.88 Å². The second-order valence-electron chi connectivity index (χ2n) is 4.75. The fourth-order valence-corrected chi connectivity index (χ4v) is 2.40. The molecule has 0 radical (unpaired) electrons. The predicted molar refractivity (Wildman–Crippen MR) is 76.0 cm³/mol. The number of hydrogen-bond acceptors (Lipinski definition) is 3. The lowest BCUT2D eigenvalue weighted by Crippen LogP contribution is -2.24. The minimum Gasteiger partial charge on any atom is -0.335 e. The number of nitrogens with zero attached hydrogens (tertiary/aromatic N) is 4. The molecule has 0 aliphatic carbocycles. The van der Waals surface area contributed by atoms with Crippen LogP contribution in [0.5, 0.6) is 0 Å². The van der Waals surface area contributed by atoms with E-state index in [0.717, 1.165) is 25.3 Å². The van der Waals surface area contributed by atoms with Gasteiger partial charge >= 0.3 is 0 Å². The molecule has 0 saturated carbocycles. The Morgan fingerprint density at radius 2 is 2.16 bits per heavy atom. The SMILES string of the molecule is CCNC(Cc1nccn1CC)c1cnn(C)c1C. The van der Waals surface area contributed by atoms with Gasteiger partial charge in [0.15, 0.2) is 0 Å². The summed E-state index contributed by atoms with van der Waals surface area (Å²) in [5, 5.41) is 7.88. The highest BCUT2D eigenvalue weighted by molar-refractivity contribution is 5.22. The maximum absolute atomic E-state index is 4.47. The van der Waals surface area contributed by atoms with Crippen LogP contribution >= 0.6 is 0 Å². The summed E-state index contributed by atoms with van der Waals surface area (Å²) in [6.45, 7) is 8.28. The van der Waals surface area contributed by atoms with Crippen LogP contribution in [0.1, 0.15) is 37.0 Å². The van der Waals surface area contributed by atoms with Gasteiger partial charge in [-0.25, -0.2) is 4.98 Å². The molecule has 2 aromatic rings. The van der Waals surface area contributed by atoms with Crippen molar-refractivity contribution in [1.82, 2.24) is 24.6 Å². The molecule has 104 valence electrons. The number of rotatable bonds is 6. The summed E-state index contributed by atoms with van der Waals surface area (Å²) >= 11 is 0. The molecule has 19 heavy (non-hydrogen) atoms.